The molecule has 26 heavy (non-hydrogen) atoms. The van der Waals surface area contributed by atoms with Crippen molar-refractivity contribution in [3.05, 3.63) is 58.9 Å². The standard InChI is InChI=1S/C18H17FN2O4S/c1-10(2)21-18(23)13-6-5-12(9-16(13)26(21,24)25)17(22)20-15-7-4-11(3)8-14(15)19/h4-10H,1-3H3,(H,20,22). The lowest BCUT2D eigenvalue weighted by molar-refractivity contribution is 0.0846. The predicted octanol–water partition coefficient (Wildman–Crippen LogP) is 2.94. The Morgan fingerprint density at radius 3 is 2.46 bits per heavy atom. The van der Waals surface area contributed by atoms with Gasteiger partial charge in [-0.3, -0.25) is 9.59 Å². The average Bonchev–Trinajstić information content (AvgIpc) is 2.76. The Hall–Kier alpha value is -2.74. The number of hydrogen-bond acceptors (Lipinski definition) is 4. The molecule has 1 aliphatic heterocycles. The van der Waals surface area contributed by atoms with Crippen molar-refractivity contribution < 1.29 is 22.4 Å². The Morgan fingerprint density at radius 2 is 1.85 bits per heavy atom. The highest BCUT2D eigenvalue weighted by Crippen LogP contribution is 2.32. The van der Waals surface area contributed by atoms with E-state index in [1.54, 1.807) is 26.8 Å². The molecule has 1 heterocycles. The van der Waals surface area contributed by atoms with Crippen molar-refractivity contribution in [1.82, 2.24) is 4.31 Å². The lowest BCUT2D eigenvalue weighted by atomic mass is 10.1. The van der Waals surface area contributed by atoms with Crippen molar-refractivity contribution in [3.8, 4) is 0 Å². The molecule has 6 nitrogen and oxygen atoms in total. The van der Waals surface area contributed by atoms with E-state index in [9.17, 15) is 22.4 Å². The molecule has 3 rings (SSSR count). The number of sulfonamides is 1. The second-order valence-electron chi connectivity index (χ2n) is 6.35. The minimum absolute atomic E-state index is 0.0103. The van der Waals surface area contributed by atoms with Crippen LogP contribution in [0.2, 0.25) is 0 Å². The number of rotatable bonds is 3. The van der Waals surface area contributed by atoms with E-state index in [1.165, 1.54) is 24.3 Å². The van der Waals surface area contributed by atoms with Gasteiger partial charge in [0.25, 0.3) is 21.8 Å². The molecule has 1 N–H and O–H groups in total. The van der Waals surface area contributed by atoms with E-state index in [-0.39, 0.29) is 21.7 Å². The highest BCUT2D eigenvalue weighted by atomic mass is 32.2. The van der Waals surface area contributed by atoms with Crippen molar-refractivity contribution in [3.63, 3.8) is 0 Å². The summed E-state index contributed by atoms with van der Waals surface area (Å²) >= 11 is 0. The number of carbonyl (C=O) groups excluding carboxylic acids is 2. The van der Waals surface area contributed by atoms with Gasteiger partial charge in [0.15, 0.2) is 0 Å². The van der Waals surface area contributed by atoms with Gasteiger partial charge in [-0.2, -0.15) is 0 Å². The number of fused-ring (bicyclic) bond motifs is 1. The predicted molar refractivity (Wildman–Crippen MR) is 94.0 cm³/mol. The first-order valence-corrected chi connectivity index (χ1v) is 9.37. The van der Waals surface area contributed by atoms with Crippen LogP contribution in [0.25, 0.3) is 0 Å². The third-order valence-corrected chi connectivity index (χ3v) is 6.05. The van der Waals surface area contributed by atoms with Crippen LogP contribution in [0.3, 0.4) is 0 Å². The summed E-state index contributed by atoms with van der Waals surface area (Å²) in [5.74, 6) is -1.87. The monoisotopic (exact) mass is 376 g/mol. The highest BCUT2D eigenvalue weighted by molar-refractivity contribution is 7.90. The van der Waals surface area contributed by atoms with Gasteiger partial charge in [0, 0.05) is 11.6 Å². The minimum Gasteiger partial charge on any atom is -0.319 e. The number of nitrogens with one attached hydrogen (secondary N) is 1. The fourth-order valence-corrected chi connectivity index (χ4v) is 4.61. The van der Waals surface area contributed by atoms with Crippen LogP contribution in [-0.4, -0.2) is 30.6 Å². The van der Waals surface area contributed by atoms with Gasteiger partial charge in [-0.1, -0.05) is 6.07 Å². The molecule has 2 aromatic rings. The van der Waals surface area contributed by atoms with E-state index < -0.39 is 33.7 Å². The molecule has 0 fully saturated rings. The summed E-state index contributed by atoms with van der Waals surface area (Å²) in [7, 11) is -4.01. The summed E-state index contributed by atoms with van der Waals surface area (Å²) in [5.41, 5.74) is 0.739. The highest BCUT2D eigenvalue weighted by Gasteiger charge is 2.42. The van der Waals surface area contributed by atoms with E-state index in [2.05, 4.69) is 5.32 Å². The van der Waals surface area contributed by atoms with Gasteiger partial charge in [-0.25, -0.2) is 17.1 Å². The smallest absolute Gasteiger partial charge is 0.269 e. The molecule has 0 aliphatic carbocycles. The zero-order valence-electron chi connectivity index (χ0n) is 14.4. The normalized spacial score (nSPS) is 15.3. The summed E-state index contributed by atoms with van der Waals surface area (Å²) in [5, 5.41) is 2.41. The summed E-state index contributed by atoms with van der Waals surface area (Å²) in [6.45, 7) is 4.90. The van der Waals surface area contributed by atoms with Crippen LogP contribution in [-0.2, 0) is 10.0 Å². The molecule has 0 radical (unpaired) electrons. The SMILES string of the molecule is Cc1ccc(NC(=O)c2ccc3c(c2)S(=O)(=O)N(C(C)C)C3=O)c(F)c1. The van der Waals surface area contributed by atoms with E-state index >= 15 is 0 Å². The fourth-order valence-electron chi connectivity index (χ4n) is 2.82. The van der Waals surface area contributed by atoms with Crippen LogP contribution >= 0.6 is 0 Å². The Labute approximate surface area is 150 Å². The molecule has 8 heteroatoms. The molecule has 0 unspecified atom stereocenters. The van der Waals surface area contributed by atoms with Gasteiger partial charge in [0.1, 0.15) is 10.7 Å². The van der Waals surface area contributed by atoms with Crippen LogP contribution in [0, 0.1) is 12.7 Å². The molecular weight excluding hydrogens is 359 g/mol. The maximum atomic E-state index is 13.9. The molecule has 0 atom stereocenters. The molecule has 0 aromatic heterocycles. The number of benzene rings is 2. The zero-order valence-corrected chi connectivity index (χ0v) is 15.2. The average molecular weight is 376 g/mol. The Balaban J connectivity index is 1.97. The van der Waals surface area contributed by atoms with E-state index in [0.717, 1.165) is 10.4 Å². The Kier molecular flexibility index (Phi) is 4.31. The van der Waals surface area contributed by atoms with Crippen molar-refractivity contribution in [1.29, 1.82) is 0 Å². The van der Waals surface area contributed by atoms with Crippen molar-refractivity contribution in [2.24, 2.45) is 0 Å². The first kappa shape index (κ1) is 18.1. The second-order valence-corrected chi connectivity index (χ2v) is 8.13. The zero-order chi connectivity index (χ0) is 19.2. The van der Waals surface area contributed by atoms with E-state index in [4.69, 9.17) is 0 Å². The maximum absolute atomic E-state index is 13.9. The quantitative estimate of drug-likeness (QED) is 0.893. The van der Waals surface area contributed by atoms with Crippen LogP contribution in [0.15, 0.2) is 41.3 Å². The van der Waals surface area contributed by atoms with Crippen LogP contribution in [0.5, 0.6) is 0 Å². The number of amides is 2. The van der Waals surface area contributed by atoms with Crippen molar-refractivity contribution >= 4 is 27.5 Å². The first-order chi connectivity index (χ1) is 12.1. The van der Waals surface area contributed by atoms with Gasteiger partial charge in [-0.15, -0.1) is 0 Å². The van der Waals surface area contributed by atoms with Crippen molar-refractivity contribution in [2.75, 3.05) is 5.32 Å². The number of carbonyl (C=O) groups is 2. The lowest BCUT2D eigenvalue weighted by Crippen LogP contribution is -2.36. The summed E-state index contributed by atoms with van der Waals surface area (Å²) < 4.78 is 39.8. The van der Waals surface area contributed by atoms with Gasteiger partial charge in [0.2, 0.25) is 0 Å². The fraction of sp³-hybridized carbons (Fsp3) is 0.222. The second kappa shape index (κ2) is 6.21. The summed E-state index contributed by atoms with van der Waals surface area (Å²) in [6.07, 6.45) is 0. The topological polar surface area (TPSA) is 83.6 Å². The number of aryl methyl sites for hydroxylation is 1. The number of nitrogens with zero attached hydrogens (tertiary/aromatic N) is 1. The maximum Gasteiger partial charge on any atom is 0.269 e. The summed E-state index contributed by atoms with van der Waals surface area (Å²) in [4.78, 5) is 24.5. The Morgan fingerprint density at radius 1 is 1.15 bits per heavy atom. The molecule has 0 saturated heterocycles. The largest absolute Gasteiger partial charge is 0.319 e. The van der Waals surface area contributed by atoms with Gasteiger partial charge >= 0.3 is 0 Å². The molecular formula is C18H17FN2O4S. The van der Waals surface area contributed by atoms with Gasteiger partial charge in [-0.05, 0) is 56.7 Å². The molecule has 2 amide bonds. The van der Waals surface area contributed by atoms with E-state index in [1.807, 2.05) is 0 Å². The Bertz CT molecular complexity index is 1030. The molecule has 0 bridgehead atoms. The summed E-state index contributed by atoms with van der Waals surface area (Å²) in [6, 6.07) is 7.60. The van der Waals surface area contributed by atoms with Gasteiger partial charge in [0.05, 0.1) is 11.3 Å². The van der Waals surface area contributed by atoms with E-state index in [0.29, 0.717) is 5.56 Å². The third-order valence-electron chi connectivity index (χ3n) is 4.05. The van der Waals surface area contributed by atoms with Gasteiger partial charge < -0.3 is 5.32 Å². The number of halogens is 1. The number of hydrogen-bond donors (Lipinski definition) is 1. The lowest BCUT2D eigenvalue weighted by Gasteiger charge is -2.18. The third kappa shape index (κ3) is 2.86. The molecule has 2 aromatic carbocycles. The first-order valence-electron chi connectivity index (χ1n) is 7.93. The van der Waals surface area contributed by atoms with Crippen LogP contribution in [0.4, 0.5) is 10.1 Å². The molecule has 0 saturated carbocycles. The molecule has 1 aliphatic rings. The van der Waals surface area contributed by atoms with Crippen LogP contribution in [0.1, 0.15) is 40.1 Å². The number of anilines is 1. The van der Waals surface area contributed by atoms with Crippen LogP contribution < -0.4 is 5.32 Å². The minimum atomic E-state index is -4.01. The molecule has 0 spiro atoms. The van der Waals surface area contributed by atoms with Crippen molar-refractivity contribution in [2.45, 2.75) is 31.7 Å². The molecule has 136 valence electrons.